The van der Waals surface area contributed by atoms with Crippen molar-refractivity contribution in [3.63, 3.8) is 0 Å². The fourth-order valence-corrected chi connectivity index (χ4v) is 4.71. The summed E-state index contributed by atoms with van der Waals surface area (Å²) in [6, 6.07) is 14.4. The number of halogens is 1. The van der Waals surface area contributed by atoms with Gasteiger partial charge < -0.3 is 10.2 Å². The van der Waals surface area contributed by atoms with Gasteiger partial charge in [-0.2, -0.15) is 0 Å². The predicted molar refractivity (Wildman–Crippen MR) is 129 cm³/mol. The summed E-state index contributed by atoms with van der Waals surface area (Å²) in [6.45, 7) is 9.48. The second kappa shape index (κ2) is 10.5. The zero-order valence-electron chi connectivity index (χ0n) is 18.4. The lowest BCUT2D eigenvalue weighted by Crippen LogP contribution is -2.48. The van der Waals surface area contributed by atoms with E-state index in [0.717, 1.165) is 43.4 Å². The Hall–Kier alpha value is -2.08. The van der Waals surface area contributed by atoms with Crippen LogP contribution in [0.25, 0.3) is 0 Å². The second-order valence-electron chi connectivity index (χ2n) is 8.78. The summed E-state index contributed by atoms with van der Waals surface area (Å²) in [5, 5.41) is 3.82. The maximum atomic E-state index is 12.5. The van der Waals surface area contributed by atoms with Gasteiger partial charge in [-0.1, -0.05) is 36.2 Å². The number of nitrogens with zero attached hydrogens (tertiary/aromatic N) is 3. The maximum Gasteiger partial charge on any atom is 0.238 e. The molecule has 2 aliphatic heterocycles. The van der Waals surface area contributed by atoms with Crippen LogP contribution in [0.2, 0.25) is 5.02 Å². The first-order valence-electron chi connectivity index (χ1n) is 11.4. The molecule has 2 fully saturated rings. The summed E-state index contributed by atoms with van der Waals surface area (Å²) in [5.74, 6) is 0.0520. The number of hydrogen-bond acceptors (Lipinski definition) is 4. The average Bonchev–Trinajstić information content (AvgIpc) is 2.78. The zero-order valence-corrected chi connectivity index (χ0v) is 19.2. The molecule has 2 saturated heterocycles. The van der Waals surface area contributed by atoms with Crippen molar-refractivity contribution in [3.05, 3.63) is 58.6 Å². The van der Waals surface area contributed by atoms with E-state index in [4.69, 9.17) is 11.6 Å². The van der Waals surface area contributed by atoms with Crippen LogP contribution < -0.4 is 10.2 Å². The molecule has 0 atom stereocenters. The van der Waals surface area contributed by atoms with Gasteiger partial charge in [0, 0.05) is 49.1 Å². The van der Waals surface area contributed by atoms with Crippen molar-refractivity contribution in [1.82, 2.24) is 9.80 Å². The number of rotatable bonds is 6. The van der Waals surface area contributed by atoms with Gasteiger partial charge in [0.25, 0.3) is 0 Å². The number of piperazine rings is 1. The molecule has 166 valence electrons. The largest absolute Gasteiger partial charge is 0.369 e. The SMILES string of the molecule is Cc1ccc(Cl)cc1N1CCN(CC(=O)Nc2ccc(CN3CCCCC3)cc2)CC1. The van der Waals surface area contributed by atoms with E-state index < -0.39 is 0 Å². The van der Waals surface area contributed by atoms with Gasteiger partial charge in [-0.3, -0.25) is 14.6 Å². The highest BCUT2D eigenvalue weighted by atomic mass is 35.5. The highest BCUT2D eigenvalue weighted by molar-refractivity contribution is 6.30. The van der Waals surface area contributed by atoms with Crippen molar-refractivity contribution in [2.75, 3.05) is 56.0 Å². The molecule has 5 nitrogen and oxygen atoms in total. The van der Waals surface area contributed by atoms with Crippen LogP contribution in [0.5, 0.6) is 0 Å². The molecule has 0 radical (unpaired) electrons. The van der Waals surface area contributed by atoms with E-state index in [2.05, 4.69) is 45.1 Å². The van der Waals surface area contributed by atoms with Crippen molar-refractivity contribution >= 4 is 28.9 Å². The fraction of sp³-hybridized carbons (Fsp3) is 0.480. The van der Waals surface area contributed by atoms with Crippen molar-refractivity contribution in [2.24, 2.45) is 0 Å². The van der Waals surface area contributed by atoms with E-state index in [9.17, 15) is 4.79 Å². The van der Waals surface area contributed by atoms with Crippen LogP contribution >= 0.6 is 11.6 Å². The number of hydrogen-bond donors (Lipinski definition) is 1. The molecule has 31 heavy (non-hydrogen) atoms. The minimum Gasteiger partial charge on any atom is -0.369 e. The molecule has 2 aromatic carbocycles. The van der Waals surface area contributed by atoms with E-state index in [1.807, 2.05) is 24.3 Å². The molecule has 2 heterocycles. The Morgan fingerprint density at radius 3 is 2.32 bits per heavy atom. The quantitative estimate of drug-likeness (QED) is 0.722. The van der Waals surface area contributed by atoms with E-state index in [0.29, 0.717) is 6.54 Å². The van der Waals surface area contributed by atoms with Gasteiger partial charge in [-0.25, -0.2) is 0 Å². The predicted octanol–water partition coefficient (Wildman–Crippen LogP) is 4.40. The fourth-order valence-electron chi connectivity index (χ4n) is 4.54. The summed E-state index contributed by atoms with van der Waals surface area (Å²) >= 11 is 6.18. The van der Waals surface area contributed by atoms with Crippen LogP contribution in [-0.2, 0) is 11.3 Å². The van der Waals surface area contributed by atoms with Crippen LogP contribution in [0, 0.1) is 6.92 Å². The second-order valence-corrected chi connectivity index (χ2v) is 9.21. The maximum absolute atomic E-state index is 12.5. The Morgan fingerprint density at radius 2 is 1.61 bits per heavy atom. The number of nitrogens with one attached hydrogen (secondary N) is 1. The molecule has 0 unspecified atom stereocenters. The van der Waals surface area contributed by atoms with E-state index in [1.54, 1.807) is 0 Å². The Labute approximate surface area is 191 Å². The number of carbonyl (C=O) groups is 1. The van der Waals surface area contributed by atoms with Gasteiger partial charge in [-0.15, -0.1) is 0 Å². The monoisotopic (exact) mass is 440 g/mol. The Balaban J connectivity index is 1.22. The Morgan fingerprint density at radius 1 is 0.903 bits per heavy atom. The third-order valence-electron chi connectivity index (χ3n) is 6.34. The van der Waals surface area contributed by atoms with Gasteiger partial charge >= 0.3 is 0 Å². The minimum atomic E-state index is 0.0520. The van der Waals surface area contributed by atoms with E-state index >= 15 is 0 Å². The minimum absolute atomic E-state index is 0.0520. The molecule has 0 saturated carbocycles. The molecule has 6 heteroatoms. The number of aryl methyl sites for hydroxylation is 1. The van der Waals surface area contributed by atoms with E-state index in [-0.39, 0.29) is 5.91 Å². The smallest absolute Gasteiger partial charge is 0.238 e. The lowest BCUT2D eigenvalue weighted by molar-refractivity contribution is -0.117. The van der Waals surface area contributed by atoms with Gasteiger partial charge in [-0.05, 0) is 68.2 Å². The van der Waals surface area contributed by atoms with Crippen LogP contribution in [0.15, 0.2) is 42.5 Å². The number of anilines is 2. The van der Waals surface area contributed by atoms with Gasteiger partial charge in [0.05, 0.1) is 6.54 Å². The molecule has 4 rings (SSSR count). The molecular formula is C25H33ClN4O. The topological polar surface area (TPSA) is 38.8 Å². The third-order valence-corrected chi connectivity index (χ3v) is 6.58. The molecule has 0 aliphatic carbocycles. The van der Waals surface area contributed by atoms with Gasteiger partial charge in [0.15, 0.2) is 0 Å². The molecule has 0 aromatic heterocycles. The van der Waals surface area contributed by atoms with Crippen LogP contribution in [-0.4, -0.2) is 61.5 Å². The summed E-state index contributed by atoms with van der Waals surface area (Å²) in [5.41, 5.74) is 4.62. The summed E-state index contributed by atoms with van der Waals surface area (Å²) in [6.07, 6.45) is 3.97. The van der Waals surface area contributed by atoms with Gasteiger partial charge in [0.2, 0.25) is 5.91 Å². The summed E-state index contributed by atoms with van der Waals surface area (Å²) in [7, 11) is 0. The molecule has 0 bridgehead atoms. The molecule has 1 N–H and O–H groups in total. The van der Waals surface area contributed by atoms with Crippen LogP contribution in [0.3, 0.4) is 0 Å². The number of carbonyl (C=O) groups excluding carboxylic acids is 1. The summed E-state index contributed by atoms with van der Waals surface area (Å²) in [4.78, 5) is 19.6. The highest BCUT2D eigenvalue weighted by Crippen LogP contribution is 2.25. The van der Waals surface area contributed by atoms with Crippen molar-refractivity contribution in [1.29, 1.82) is 0 Å². The van der Waals surface area contributed by atoms with Crippen LogP contribution in [0.1, 0.15) is 30.4 Å². The molecular weight excluding hydrogens is 408 g/mol. The number of piperidine rings is 1. The number of benzene rings is 2. The summed E-state index contributed by atoms with van der Waals surface area (Å²) < 4.78 is 0. The lowest BCUT2D eigenvalue weighted by Gasteiger charge is -2.36. The van der Waals surface area contributed by atoms with E-state index in [1.165, 1.54) is 49.2 Å². The van der Waals surface area contributed by atoms with Crippen LogP contribution in [0.4, 0.5) is 11.4 Å². The number of amides is 1. The van der Waals surface area contributed by atoms with Gasteiger partial charge in [0.1, 0.15) is 0 Å². The normalized spacial score (nSPS) is 18.2. The third kappa shape index (κ3) is 6.22. The Kier molecular flexibility index (Phi) is 7.49. The van der Waals surface area contributed by atoms with Crippen molar-refractivity contribution < 1.29 is 4.79 Å². The average molecular weight is 441 g/mol. The zero-order chi connectivity index (χ0) is 21.6. The molecule has 1 amide bonds. The Bertz CT molecular complexity index is 872. The highest BCUT2D eigenvalue weighted by Gasteiger charge is 2.20. The molecule has 0 spiro atoms. The molecule has 2 aromatic rings. The first kappa shape index (κ1) is 22.1. The number of likely N-dealkylation sites (tertiary alicyclic amines) is 1. The molecule has 2 aliphatic rings. The van der Waals surface area contributed by atoms with Crippen molar-refractivity contribution in [2.45, 2.75) is 32.7 Å². The lowest BCUT2D eigenvalue weighted by atomic mass is 10.1. The standard InChI is InChI=1S/C25H33ClN4O/c1-20-5-8-22(26)17-24(20)30-15-13-29(14-16-30)19-25(31)27-23-9-6-21(7-10-23)18-28-11-3-2-4-12-28/h5-10,17H,2-4,11-16,18-19H2,1H3,(H,27,31). The van der Waals surface area contributed by atoms with Crippen molar-refractivity contribution in [3.8, 4) is 0 Å². The first-order chi connectivity index (χ1) is 15.1. The first-order valence-corrected chi connectivity index (χ1v) is 11.8.